The van der Waals surface area contributed by atoms with Crippen LogP contribution in [0, 0.1) is 13.8 Å². The summed E-state index contributed by atoms with van der Waals surface area (Å²) < 4.78 is 5.23. The highest BCUT2D eigenvalue weighted by molar-refractivity contribution is 5.97. The van der Waals surface area contributed by atoms with Crippen molar-refractivity contribution in [2.24, 2.45) is 5.73 Å². The third kappa shape index (κ3) is 3.62. The fourth-order valence-electron chi connectivity index (χ4n) is 2.73. The van der Waals surface area contributed by atoms with E-state index < -0.39 is 5.54 Å². The molecule has 124 valence electrons. The van der Waals surface area contributed by atoms with E-state index in [4.69, 9.17) is 10.3 Å². The molecule has 3 rings (SSSR count). The molecule has 0 atom stereocenters. The second-order valence-electron chi connectivity index (χ2n) is 6.26. The quantitative estimate of drug-likeness (QED) is 0.848. The van der Waals surface area contributed by atoms with E-state index >= 15 is 0 Å². The molecule has 0 radical (unpaired) electrons. The van der Waals surface area contributed by atoms with Gasteiger partial charge in [0, 0.05) is 18.4 Å². The Balaban J connectivity index is 0.00000192. The number of nitrogens with two attached hydrogens (primary N) is 1. The van der Waals surface area contributed by atoms with Gasteiger partial charge in [0.25, 0.3) is 0 Å². The summed E-state index contributed by atoms with van der Waals surface area (Å²) in [5.74, 6) is 1.17. The van der Waals surface area contributed by atoms with Crippen LogP contribution in [0.2, 0.25) is 0 Å². The Bertz CT molecular complexity index is 708. The molecule has 6 heteroatoms. The molecular formula is C17H22ClN3O2. The molecule has 1 fully saturated rings. The minimum atomic E-state index is -0.418. The van der Waals surface area contributed by atoms with Crippen LogP contribution in [-0.4, -0.2) is 15.9 Å². The number of aryl methyl sites for hydroxylation is 3. The van der Waals surface area contributed by atoms with E-state index in [0.29, 0.717) is 24.6 Å². The largest absolute Gasteiger partial charge is 0.339 e. The van der Waals surface area contributed by atoms with Crippen molar-refractivity contribution < 1.29 is 9.32 Å². The summed E-state index contributed by atoms with van der Waals surface area (Å²) in [7, 11) is 0. The molecule has 0 aliphatic heterocycles. The number of Topliss-reactive ketones (excluding diaryl/α,β-unsaturated/α-hetero) is 1. The first-order chi connectivity index (χ1) is 10.5. The lowest BCUT2D eigenvalue weighted by molar-refractivity contribution is 0.0979. The van der Waals surface area contributed by atoms with E-state index in [2.05, 4.69) is 10.1 Å². The lowest BCUT2D eigenvalue weighted by atomic mass is 9.77. The van der Waals surface area contributed by atoms with Crippen molar-refractivity contribution in [2.75, 3.05) is 0 Å². The van der Waals surface area contributed by atoms with Gasteiger partial charge < -0.3 is 10.3 Å². The Hall–Kier alpha value is -1.72. The summed E-state index contributed by atoms with van der Waals surface area (Å²) in [6.45, 7) is 3.94. The molecule has 0 amide bonds. The number of halogens is 1. The van der Waals surface area contributed by atoms with Gasteiger partial charge in [0.05, 0.1) is 5.54 Å². The third-order valence-electron chi connectivity index (χ3n) is 4.42. The van der Waals surface area contributed by atoms with Gasteiger partial charge in [-0.05, 0) is 44.7 Å². The number of rotatable bonds is 5. The maximum atomic E-state index is 12.3. The van der Waals surface area contributed by atoms with Crippen LogP contribution in [0.25, 0.3) is 0 Å². The average molecular weight is 336 g/mol. The van der Waals surface area contributed by atoms with Gasteiger partial charge in [-0.15, -0.1) is 12.4 Å². The maximum absolute atomic E-state index is 12.3. The zero-order valence-corrected chi connectivity index (χ0v) is 14.3. The summed E-state index contributed by atoms with van der Waals surface area (Å²) in [5.41, 5.74) is 8.61. The number of carbonyl (C=O) groups excluding carboxylic acids is 1. The maximum Gasteiger partial charge on any atom is 0.227 e. The minimum Gasteiger partial charge on any atom is -0.339 e. The predicted molar refractivity (Wildman–Crippen MR) is 89.8 cm³/mol. The molecule has 0 spiro atoms. The number of hydrogen-bond donors (Lipinski definition) is 1. The molecule has 2 aromatic rings. The molecule has 23 heavy (non-hydrogen) atoms. The van der Waals surface area contributed by atoms with Gasteiger partial charge in [0.1, 0.15) is 0 Å². The monoisotopic (exact) mass is 335 g/mol. The van der Waals surface area contributed by atoms with Gasteiger partial charge in [0.2, 0.25) is 5.89 Å². The van der Waals surface area contributed by atoms with Crippen LogP contribution in [0.1, 0.15) is 58.9 Å². The van der Waals surface area contributed by atoms with Crippen LogP contribution in [-0.2, 0) is 12.0 Å². The Kier molecular flexibility index (Phi) is 5.22. The zero-order valence-electron chi connectivity index (χ0n) is 13.5. The van der Waals surface area contributed by atoms with Gasteiger partial charge in [-0.3, -0.25) is 4.79 Å². The van der Waals surface area contributed by atoms with Crippen molar-refractivity contribution in [3.05, 3.63) is 46.6 Å². The van der Waals surface area contributed by atoms with E-state index in [9.17, 15) is 4.79 Å². The van der Waals surface area contributed by atoms with E-state index in [1.165, 1.54) is 0 Å². The molecule has 5 nitrogen and oxygen atoms in total. The van der Waals surface area contributed by atoms with Gasteiger partial charge in [-0.1, -0.05) is 22.9 Å². The molecule has 0 bridgehead atoms. The van der Waals surface area contributed by atoms with Crippen LogP contribution < -0.4 is 5.73 Å². The first-order valence-electron chi connectivity index (χ1n) is 7.70. The Morgan fingerprint density at radius 3 is 2.74 bits per heavy atom. The lowest BCUT2D eigenvalue weighted by Crippen LogP contribution is -2.44. The summed E-state index contributed by atoms with van der Waals surface area (Å²) in [6, 6.07) is 5.91. The molecule has 0 saturated heterocycles. The normalized spacial score (nSPS) is 15.6. The van der Waals surface area contributed by atoms with E-state index in [1.54, 1.807) is 0 Å². The van der Waals surface area contributed by atoms with Crippen molar-refractivity contribution in [1.82, 2.24) is 10.1 Å². The molecule has 0 unspecified atom stereocenters. The molecule has 1 aromatic heterocycles. The summed E-state index contributed by atoms with van der Waals surface area (Å²) in [5, 5.41) is 3.97. The van der Waals surface area contributed by atoms with Gasteiger partial charge in [0.15, 0.2) is 11.6 Å². The van der Waals surface area contributed by atoms with Crippen molar-refractivity contribution in [3.8, 4) is 0 Å². The summed E-state index contributed by atoms with van der Waals surface area (Å²) in [4.78, 5) is 16.7. The molecule has 1 aromatic carbocycles. The van der Waals surface area contributed by atoms with Crippen LogP contribution in [0.4, 0.5) is 0 Å². The van der Waals surface area contributed by atoms with Crippen LogP contribution >= 0.6 is 12.4 Å². The average Bonchev–Trinajstić information content (AvgIpc) is 2.94. The Morgan fingerprint density at radius 1 is 1.35 bits per heavy atom. The highest BCUT2D eigenvalue weighted by Crippen LogP contribution is 2.36. The summed E-state index contributed by atoms with van der Waals surface area (Å²) in [6.07, 6.45) is 3.71. The minimum absolute atomic E-state index is 0. The first kappa shape index (κ1) is 17.6. The smallest absolute Gasteiger partial charge is 0.227 e. The van der Waals surface area contributed by atoms with Gasteiger partial charge in [-0.2, -0.15) is 4.98 Å². The Labute approximate surface area is 142 Å². The number of nitrogens with zero attached hydrogens (tertiary/aromatic N) is 2. The van der Waals surface area contributed by atoms with Gasteiger partial charge >= 0.3 is 0 Å². The third-order valence-corrected chi connectivity index (χ3v) is 4.42. The molecule has 1 saturated carbocycles. The van der Waals surface area contributed by atoms with Gasteiger partial charge in [-0.25, -0.2) is 0 Å². The first-order valence-corrected chi connectivity index (χ1v) is 7.70. The number of benzene rings is 1. The highest BCUT2D eigenvalue weighted by Gasteiger charge is 2.38. The molecular weight excluding hydrogens is 314 g/mol. The fraction of sp³-hybridized carbons (Fsp3) is 0.471. The second-order valence-corrected chi connectivity index (χ2v) is 6.26. The predicted octanol–water partition coefficient (Wildman–Crippen LogP) is 3.26. The van der Waals surface area contributed by atoms with Crippen molar-refractivity contribution in [2.45, 2.75) is 51.5 Å². The molecule has 1 aliphatic carbocycles. The lowest BCUT2D eigenvalue weighted by Gasteiger charge is -2.34. The second kappa shape index (κ2) is 6.81. The molecule has 1 aliphatic rings. The van der Waals surface area contributed by atoms with E-state index in [-0.39, 0.29) is 18.2 Å². The Morgan fingerprint density at radius 2 is 2.09 bits per heavy atom. The topological polar surface area (TPSA) is 82.0 Å². The number of carbonyl (C=O) groups is 1. The number of aromatic nitrogens is 2. The van der Waals surface area contributed by atoms with Crippen molar-refractivity contribution in [1.29, 1.82) is 0 Å². The number of ketones is 1. The summed E-state index contributed by atoms with van der Waals surface area (Å²) >= 11 is 0. The van der Waals surface area contributed by atoms with Crippen molar-refractivity contribution >= 4 is 18.2 Å². The fourth-order valence-corrected chi connectivity index (χ4v) is 2.73. The SMILES string of the molecule is Cc1ccc(C)c(C(=O)CCc2nc(C3(N)CCC3)no2)c1.Cl. The van der Waals surface area contributed by atoms with Crippen LogP contribution in [0.5, 0.6) is 0 Å². The molecule has 2 N–H and O–H groups in total. The van der Waals surface area contributed by atoms with E-state index in [1.807, 2.05) is 32.0 Å². The van der Waals surface area contributed by atoms with Crippen molar-refractivity contribution in [3.63, 3.8) is 0 Å². The zero-order chi connectivity index (χ0) is 15.7. The van der Waals surface area contributed by atoms with Crippen LogP contribution in [0.3, 0.4) is 0 Å². The highest BCUT2D eigenvalue weighted by atomic mass is 35.5. The molecule has 1 heterocycles. The van der Waals surface area contributed by atoms with E-state index in [0.717, 1.165) is 36.0 Å². The van der Waals surface area contributed by atoms with Crippen LogP contribution in [0.15, 0.2) is 22.7 Å². The standard InChI is InChI=1S/C17H21N3O2.ClH/c1-11-4-5-12(2)13(10-11)14(21)6-7-15-19-16(20-22-15)17(18)8-3-9-17;/h4-5,10H,3,6-9,18H2,1-2H3;1H. The number of hydrogen-bond acceptors (Lipinski definition) is 5.